The molecule has 6 heteroatoms. The van der Waals surface area contributed by atoms with Crippen molar-refractivity contribution in [2.75, 3.05) is 0 Å². The smallest absolute Gasteiger partial charge is 0.219 e. The molecule has 3 aromatic heterocycles. The number of aryl methyl sites for hydroxylation is 1. The number of fused-ring (bicyclic) bond motifs is 1. The number of aromatic nitrogens is 3. The minimum Gasteiger partial charge on any atom is -0.493 e. The zero-order valence-electron chi connectivity index (χ0n) is 16.9. The van der Waals surface area contributed by atoms with E-state index in [1.807, 2.05) is 43.3 Å². The lowest BCUT2D eigenvalue weighted by molar-refractivity contribution is 0.438. The van der Waals surface area contributed by atoms with Gasteiger partial charge in [0.15, 0.2) is 5.65 Å². The molecule has 1 N–H and O–H groups in total. The van der Waals surface area contributed by atoms with E-state index < -0.39 is 0 Å². The van der Waals surface area contributed by atoms with Gasteiger partial charge in [-0.3, -0.25) is 4.40 Å². The molecule has 0 spiro atoms. The lowest BCUT2D eigenvalue weighted by atomic mass is 10.1. The Kier molecular flexibility index (Phi) is 4.75. The van der Waals surface area contributed by atoms with Gasteiger partial charge in [-0.2, -0.15) is 0 Å². The van der Waals surface area contributed by atoms with Crippen LogP contribution in [-0.2, 0) is 12.8 Å². The highest BCUT2D eigenvalue weighted by atomic mass is 19.1. The zero-order chi connectivity index (χ0) is 21.4. The monoisotopic (exact) mass is 413 g/mol. The number of rotatable bonds is 5. The SMILES string of the molecule is Cc1ccc(F)c(-c2cn3c(O)c(Cc4ccco4)nc3c(Cc3ccccc3)n2)c1. The average molecular weight is 413 g/mol. The fourth-order valence-corrected chi connectivity index (χ4v) is 3.71. The fraction of sp³-hybridized carbons (Fsp3) is 0.120. The van der Waals surface area contributed by atoms with Crippen molar-refractivity contribution in [1.29, 1.82) is 0 Å². The van der Waals surface area contributed by atoms with Crippen LogP contribution in [0.5, 0.6) is 5.88 Å². The van der Waals surface area contributed by atoms with Gasteiger partial charge >= 0.3 is 0 Å². The number of hydrogen-bond donors (Lipinski definition) is 1. The third-order valence-electron chi connectivity index (χ3n) is 5.25. The summed E-state index contributed by atoms with van der Waals surface area (Å²) in [6.45, 7) is 1.91. The molecule has 154 valence electrons. The first-order valence-electron chi connectivity index (χ1n) is 10.0. The highest BCUT2D eigenvalue weighted by Crippen LogP contribution is 2.29. The summed E-state index contributed by atoms with van der Waals surface area (Å²) in [5, 5.41) is 10.9. The number of nitrogens with zero attached hydrogens (tertiary/aromatic N) is 3. The third-order valence-corrected chi connectivity index (χ3v) is 5.25. The molecule has 0 amide bonds. The second-order valence-electron chi connectivity index (χ2n) is 7.55. The Morgan fingerprint density at radius 3 is 2.58 bits per heavy atom. The molecule has 0 bridgehead atoms. The lowest BCUT2D eigenvalue weighted by Crippen LogP contribution is -2.02. The van der Waals surface area contributed by atoms with Crippen LogP contribution in [0.3, 0.4) is 0 Å². The Labute approximate surface area is 178 Å². The maximum absolute atomic E-state index is 14.6. The van der Waals surface area contributed by atoms with E-state index in [1.54, 1.807) is 35.1 Å². The zero-order valence-corrected chi connectivity index (χ0v) is 16.9. The van der Waals surface area contributed by atoms with E-state index in [9.17, 15) is 9.50 Å². The van der Waals surface area contributed by atoms with Crippen molar-refractivity contribution in [2.45, 2.75) is 19.8 Å². The van der Waals surface area contributed by atoms with Gasteiger partial charge in [0.25, 0.3) is 0 Å². The normalized spacial score (nSPS) is 11.3. The molecule has 0 atom stereocenters. The second kappa shape index (κ2) is 7.72. The Hall–Kier alpha value is -3.93. The molecule has 0 unspecified atom stereocenters. The first-order valence-corrected chi connectivity index (χ1v) is 10.0. The van der Waals surface area contributed by atoms with Gasteiger partial charge in [0.05, 0.1) is 24.1 Å². The van der Waals surface area contributed by atoms with E-state index in [0.717, 1.165) is 11.1 Å². The molecule has 0 aliphatic heterocycles. The van der Waals surface area contributed by atoms with E-state index in [-0.39, 0.29) is 11.7 Å². The summed E-state index contributed by atoms with van der Waals surface area (Å²) in [6.07, 6.45) is 4.07. The van der Waals surface area contributed by atoms with E-state index in [2.05, 4.69) is 4.98 Å². The van der Waals surface area contributed by atoms with Crippen LogP contribution in [0.4, 0.5) is 4.39 Å². The van der Waals surface area contributed by atoms with Crippen LogP contribution < -0.4 is 0 Å². The van der Waals surface area contributed by atoms with Gasteiger partial charge in [-0.05, 0) is 36.8 Å². The van der Waals surface area contributed by atoms with Gasteiger partial charge in [-0.1, -0.05) is 42.0 Å². The average Bonchev–Trinajstić information content (AvgIpc) is 3.40. The van der Waals surface area contributed by atoms with Gasteiger partial charge < -0.3 is 9.52 Å². The van der Waals surface area contributed by atoms with Gasteiger partial charge in [0.1, 0.15) is 17.3 Å². The van der Waals surface area contributed by atoms with Crippen molar-refractivity contribution in [3.05, 3.63) is 107 Å². The summed E-state index contributed by atoms with van der Waals surface area (Å²) in [6, 6.07) is 18.4. The summed E-state index contributed by atoms with van der Waals surface area (Å²) in [5.74, 6) is 0.331. The Balaban J connectivity index is 1.70. The van der Waals surface area contributed by atoms with E-state index in [4.69, 9.17) is 9.40 Å². The van der Waals surface area contributed by atoms with Crippen molar-refractivity contribution in [3.63, 3.8) is 0 Å². The van der Waals surface area contributed by atoms with E-state index >= 15 is 0 Å². The minimum absolute atomic E-state index is 0.00239. The molecule has 0 fully saturated rings. The molecule has 0 aliphatic rings. The first-order chi connectivity index (χ1) is 15.1. The molecule has 0 saturated heterocycles. The maximum atomic E-state index is 14.6. The van der Waals surface area contributed by atoms with Crippen molar-refractivity contribution in [3.8, 4) is 17.1 Å². The van der Waals surface area contributed by atoms with Crippen molar-refractivity contribution in [1.82, 2.24) is 14.4 Å². The van der Waals surface area contributed by atoms with Crippen molar-refractivity contribution < 1.29 is 13.9 Å². The molecule has 0 saturated carbocycles. The van der Waals surface area contributed by atoms with E-state index in [1.165, 1.54) is 6.07 Å². The second-order valence-corrected chi connectivity index (χ2v) is 7.55. The topological polar surface area (TPSA) is 63.6 Å². The predicted octanol–water partition coefficient (Wildman–Crippen LogP) is 5.32. The minimum atomic E-state index is -0.362. The molecule has 3 heterocycles. The van der Waals surface area contributed by atoms with Crippen LogP contribution >= 0.6 is 0 Å². The maximum Gasteiger partial charge on any atom is 0.219 e. The Morgan fingerprint density at radius 1 is 0.968 bits per heavy atom. The van der Waals surface area contributed by atoms with Gasteiger partial charge in [0.2, 0.25) is 5.88 Å². The number of hydrogen-bond acceptors (Lipinski definition) is 4. The number of aromatic hydroxyl groups is 1. The summed E-state index contributed by atoms with van der Waals surface area (Å²) >= 11 is 0. The molecule has 31 heavy (non-hydrogen) atoms. The van der Waals surface area contributed by atoms with Crippen LogP contribution in [0.1, 0.15) is 28.3 Å². The molecule has 0 aliphatic carbocycles. The molecule has 5 aromatic rings. The summed E-state index contributed by atoms with van der Waals surface area (Å²) < 4.78 is 21.6. The Morgan fingerprint density at radius 2 is 1.81 bits per heavy atom. The number of benzene rings is 2. The van der Waals surface area contributed by atoms with Crippen molar-refractivity contribution >= 4 is 5.65 Å². The summed E-state index contributed by atoms with van der Waals surface area (Å²) in [7, 11) is 0. The van der Waals surface area contributed by atoms with Gasteiger partial charge in [0, 0.05) is 18.2 Å². The van der Waals surface area contributed by atoms with Crippen LogP contribution in [0.25, 0.3) is 16.9 Å². The van der Waals surface area contributed by atoms with Crippen LogP contribution in [0, 0.1) is 12.7 Å². The summed E-state index contributed by atoms with van der Waals surface area (Å²) in [5.41, 5.74) is 4.48. The predicted molar refractivity (Wildman–Crippen MR) is 116 cm³/mol. The molecule has 5 rings (SSSR count). The molecule has 2 aromatic carbocycles. The van der Waals surface area contributed by atoms with Crippen LogP contribution in [0.15, 0.2) is 77.5 Å². The summed E-state index contributed by atoms with van der Waals surface area (Å²) in [4.78, 5) is 9.42. The molecule has 0 radical (unpaired) electrons. The highest BCUT2D eigenvalue weighted by Gasteiger charge is 2.19. The fourth-order valence-electron chi connectivity index (χ4n) is 3.71. The van der Waals surface area contributed by atoms with Crippen molar-refractivity contribution in [2.24, 2.45) is 0 Å². The lowest BCUT2D eigenvalue weighted by Gasteiger charge is -2.10. The van der Waals surface area contributed by atoms with E-state index in [0.29, 0.717) is 46.9 Å². The standard InChI is InChI=1S/C25H20FN3O2/c1-16-9-10-20(26)19(12-16)23-15-29-24(21(27-23)13-17-6-3-2-4-7-17)28-22(25(29)30)14-18-8-5-11-31-18/h2-12,15,30H,13-14H2,1H3. The highest BCUT2D eigenvalue weighted by molar-refractivity contribution is 5.64. The number of furan rings is 1. The number of halogens is 1. The Bertz CT molecular complexity index is 1360. The van der Waals surface area contributed by atoms with Crippen LogP contribution in [0.2, 0.25) is 0 Å². The molecular weight excluding hydrogens is 393 g/mol. The largest absolute Gasteiger partial charge is 0.493 e. The molecule has 5 nitrogen and oxygen atoms in total. The number of imidazole rings is 1. The molecular formula is C25H20FN3O2. The van der Waals surface area contributed by atoms with Crippen LogP contribution in [-0.4, -0.2) is 19.5 Å². The quantitative estimate of drug-likeness (QED) is 0.423. The first kappa shape index (κ1) is 19.1. The van der Waals surface area contributed by atoms with Gasteiger partial charge in [-0.15, -0.1) is 0 Å². The van der Waals surface area contributed by atoms with Gasteiger partial charge in [-0.25, -0.2) is 14.4 Å². The third kappa shape index (κ3) is 3.68.